The van der Waals surface area contributed by atoms with Gasteiger partial charge in [-0.05, 0) is 38.0 Å². The van der Waals surface area contributed by atoms with Gasteiger partial charge in [-0.25, -0.2) is 0 Å². The van der Waals surface area contributed by atoms with Crippen molar-refractivity contribution < 1.29 is 14.2 Å². The lowest BCUT2D eigenvalue weighted by Crippen LogP contribution is -2.42. The van der Waals surface area contributed by atoms with Crippen molar-refractivity contribution in [1.82, 2.24) is 0 Å². The number of allylic oxidation sites excluding steroid dienone is 1. The van der Waals surface area contributed by atoms with Crippen molar-refractivity contribution >= 4 is 11.6 Å². The summed E-state index contributed by atoms with van der Waals surface area (Å²) in [6.07, 6.45) is 9.18. The van der Waals surface area contributed by atoms with Crippen LogP contribution in [0.3, 0.4) is 0 Å². The molecule has 1 saturated carbocycles. The molecule has 116 valence electrons. The summed E-state index contributed by atoms with van der Waals surface area (Å²) in [4.78, 5) is 0. The van der Waals surface area contributed by atoms with Crippen LogP contribution in [0.4, 0.5) is 0 Å². The Bertz CT molecular complexity index is 279. The second kappa shape index (κ2) is 9.04. The first-order valence-corrected chi connectivity index (χ1v) is 8.38. The quantitative estimate of drug-likeness (QED) is 0.691. The van der Waals surface area contributed by atoms with Gasteiger partial charge in [0.15, 0.2) is 6.29 Å². The first-order valence-electron chi connectivity index (χ1n) is 7.95. The minimum absolute atomic E-state index is 0.0260. The topological polar surface area (TPSA) is 27.7 Å². The van der Waals surface area contributed by atoms with Gasteiger partial charge in [0.1, 0.15) is 6.10 Å². The fourth-order valence-corrected chi connectivity index (χ4v) is 3.18. The van der Waals surface area contributed by atoms with Gasteiger partial charge in [-0.1, -0.05) is 31.0 Å². The van der Waals surface area contributed by atoms with E-state index in [1.165, 1.54) is 12.8 Å². The zero-order chi connectivity index (χ0) is 14.2. The molecule has 0 aromatic carbocycles. The van der Waals surface area contributed by atoms with Crippen molar-refractivity contribution in [1.29, 1.82) is 0 Å². The molecule has 0 spiro atoms. The smallest absolute Gasteiger partial charge is 0.160 e. The van der Waals surface area contributed by atoms with Gasteiger partial charge >= 0.3 is 0 Å². The molecule has 2 fully saturated rings. The molecule has 0 atom stereocenters. The molecule has 2 rings (SSSR count). The Morgan fingerprint density at radius 2 is 1.85 bits per heavy atom. The van der Waals surface area contributed by atoms with Crippen LogP contribution < -0.4 is 0 Å². The van der Waals surface area contributed by atoms with Gasteiger partial charge in [-0.15, -0.1) is 0 Å². The van der Waals surface area contributed by atoms with Crippen LogP contribution in [0.15, 0.2) is 11.6 Å². The van der Waals surface area contributed by atoms with Crippen LogP contribution in [0.1, 0.15) is 45.4 Å². The van der Waals surface area contributed by atoms with Gasteiger partial charge in [0.25, 0.3) is 0 Å². The van der Waals surface area contributed by atoms with Crippen LogP contribution in [0.5, 0.6) is 0 Å². The van der Waals surface area contributed by atoms with Crippen LogP contribution in [-0.2, 0) is 14.2 Å². The maximum absolute atomic E-state index is 5.86. The minimum atomic E-state index is -0.0260. The zero-order valence-electron chi connectivity index (χ0n) is 12.4. The molecule has 3 nitrogen and oxygen atoms in total. The van der Waals surface area contributed by atoms with E-state index in [4.69, 9.17) is 25.8 Å². The number of ether oxygens (including phenoxy) is 3. The molecule has 0 aromatic rings. The summed E-state index contributed by atoms with van der Waals surface area (Å²) in [5.41, 5.74) is 1.65. The fourth-order valence-electron chi connectivity index (χ4n) is 2.98. The lowest BCUT2D eigenvalue weighted by Gasteiger charge is -2.37. The molecule has 4 heteroatoms. The summed E-state index contributed by atoms with van der Waals surface area (Å²) in [5.74, 6) is 1.17. The number of hydrogen-bond donors (Lipinski definition) is 0. The highest BCUT2D eigenvalue weighted by Crippen LogP contribution is 2.34. The summed E-state index contributed by atoms with van der Waals surface area (Å²) < 4.78 is 17.5. The van der Waals surface area contributed by atoms with Crippen LogP contribution in [0, 0.1) is 11.8 Å². The molecule has 1 aliphatic heterocycles. The molecule has 1 saturated heterocycles. The van der Waals surface area contributed by atoms with Crippen molar-refractivity contribution in [3.63, 3.8) is 0 Å². The fraction of sp³-hybridized carbons (Fsp3) is 0.875. The maximum Gasteiger partial charge on any atom is 0.160 e. The summed E-state index contributed by atoms with van der Waals surface area (Å²) >= 11 is 5.64. The van der Waals surface area contributed by atoms with E-state index >= 15 is 0 Å². The monoisotopic (exact) mass is 302 g/mol. The highest BCUT2D eigenvalue weighted by atomic mass is 35.5. The molecular weight excluding hydrogens is 276 g/mol. The maximum atomic E-state index is 5.86. The van der Waals surface area contributed by atoms with Gasteiger partial charge in [0.05, 0.1) is 13.2 Å². The van der Waals surface area contributed by atoms with E-state index in [0.29, 0.717) is 25.0 Å². The third kappa shape index (κ3) is 5.03. The molecule has 0 amide bonds. The van der Waals surface area contributed by atoms with E-state index in [0.717, 1.165) is 32.3 Å². The number of hydrogen-bond acceptors (Lipinski definition) is 3. The van der Waals surface area contributed by atoms with E-state index in [1.807, 2.05) is 0 Å². The predicted molar refractivity (Wildman–Crippen MR) is 80.8 cm³/mol. The van der Waals surface area contributed by atoms with E-state index in [2.05, 4.69) is 13.0 Å². The van der Waals surface area contributed by atoms with E-state index in [-0.39, 0.29) is 12.4 Å². The Morgan fingerprint density at radius 3 is 2.45 bits per heavy atom. The van der Waals surface area contributed by atoms with Crippen molar-refractivity contribution in [2.75, 3.05) is 19.8 Å². The van der Waals surface area contributed by atoms with Crippen molar-refractivity contribution in [2.24, 2.45) is 11.8 Å². The molecule has 0 unspecified atom stereocenters. The van der Waals surface area contributed by atoms with Gasteiger partial charge in [-0.2, -0.15) is 0 Å². The number of unbranched alkanes of at least 4 members (excludes halogenated alkanes) is 1. The predicted octanol–water partition coefficient (Wildman–Crippen LogP) is 4.10. The number of halogens is 1. The summed E-state index contributed by atoms with van der Waals surface area (Å²) in [6, 6.07) is 0. The molecule has 0 aromatic heterocycles. The normalized spacial score (nSPS) is 35.5. The average molecular weight is 303 g/mol. The average Bonchev–Trinajstić information content (AvgIpc) is 2.49. The SMILES string of the molecule is CCCCOC1COC(C2CCC(/C=C/Cl)CC2)OC1. The molecule has 0 N–H and O–H groups in total. The van der Waals surface area contributed by atoms with Crippen molar-refractivity contribution in [2.45, 2.75) is 57.8 Å². The van der Waals surface area contributed by atoms with Crippen molar-refractivity contribution in [3.8, 4) is 0 Å². The molecule has 2 aliphatic rings. The highest BCUT2D eigenvalue weighted by molar-refractivity contribution is 6.25. The van der Waals surface area contributed by atoms with Crippen LogP contribution in [-0.4, -0.2) is 32.2 Å². The molecule has 1 aliphatic carbocycles. The first-order chi connectivity index (χ1) is 9.83. The third-order valence-electron chi connectivity index (χ3n) is 4.29. The van der Waals surface area contributed by atoms with E-state index in [9.17, 15) is 0 Å². The van der Waals surface area contributed by atoms with Crippen LogP contribution in [0.2, 0.25) is 0 Å². The Morgan fingerprint density at radius 1 is 1.15 bits per heavy atom. The van der Waals surface area contributed by atoms with Crippen LogP contribution in [0.25, 0.3) is 0 Å². The third-order valence-corrected chi connectivity index (χ3v) is 4.44. The molecular formula is C16H27ClO3. The van der Waals surface area contributed by atoms with Gasteiger partial charge < -0.3 is 14.2 Å². The Balaban J connectivity index is 1.64. The Hall–Kier alpha value is -0.0900. The van der Waals surface area contributed by atoms with E-state index < -0.39 is 0 Å². The molecule has 20 heavy (non-hydrogen) atoms. The Kier molecular flexibility index (Phi) is 7.36. The zero-order valence-corrected chi connectivity index (χ0v) is 13.2. The minimum Gasteiger partial charge on any atom is -0.373 e. The molecule has 1 heterocycles. The summed E-state index contributed by atoms with van der Waals surface area (Å²) in [5, 5.41) is 0. The largest absolute Gasteiger partial charge is 0.373 e. The van der Waals surface area contributed by atoms with Gasteiger partial charge in [-0.3, -0.25) is 0 Å². The van der Waals surface area contributed by atoms with E-state index in [1.54, 1.807) is 5.54 Å². The number of rotatable bonds is 6. The van der Waals surface area contributed by atoms with Crippen LogP contribution >= 0.6 is 11.6 Å². The van der Waals surface area contributed by atoms with Gasteiger partial charge in [0.2, 0.25) is 0 Å². The Labute approximate surface area is 127 Å². The lowest BCUT2D eigenvalue weighted by atomic mass is 9.81. The second-order valence-corrected chi connectivity index (χ2v) is 6.13. The molecule has 0 bridgehead atoms. The standard InChI is InChI=1S/C16H27ClO3/c1-2-3-10-18-15-11-19-16(20-12-15)14-6-4-13(5-7-14)8-9-17/h8-9,13-16H,2-7,10-12H2,1H3/b9-8+. The van der Waals surface area contributed by atoms with Crippen molar-refractivity contribution in [3.05, 3.63) is 11.6 Å². The first kappa shape index (κ1) is 16.3. The summed E-state index contributed by atoms with van der Waals surface area (Å²) in [6.45, 7) is 4.34. The lowest BCUT2D eigenvalue weighted by molar-refractivity contribution is -0.249. The summed E-state index contributed by atoms with van der Waals surface area (Å²) in [7, 11) is 0. The molecule has 0 radical (unpaired) electrons. The highest BCUT2D eigenvalue weighted by Gasteiger charge is 2.32. The second-order valence-electron chi connectivity index (χ2n) is 5.87. The van der Waals surface area contributed by atoms with Gasteiger partial charge in [0, 0.05) is 18.1 Å².